The fraction of sp³-hybridized carbons (Fsp3) is 0.176. The van der Waals surface area contributed by atoms with Gasteiger partial charge in [-0.15, -0.1) is 0 Å². The molecule has 0 atom stereocenters. The van der Waals surface area contributed by atoms with Crippen molar-refractivity contribution in [2.75, 3.05) is 17.2 Å². The number of hydrogen-bond acceptors (Lipinski definition) is 4. The molecule has 0 unspecified atom stereocenters. The zero-order valence-electron chi connectivity index (χ0n) is 12.3. The van der Waals surface area contributed by atoms with Crippen molar-refractivity contribution in [1.82, 2.24) is 0 Å². The van der Waals surface area contributed by atoms with Gasteiger partial charge in [0.2, 0.25) is 5.91 Å². The summed E-state index contributed by atoms with van der Waals surface area (Å²) in [5.41, 5.74) is 2.68. The lowest BCUT2D eigenvalue weighted by atomic mass is 10.1. The molecule has 114 valence electrons. The van der Waals surface area contributed by atoms with Gasteiger partial charge in [0, 0.05) is 16.9 Å². The lowest BCUT2D eigenvalue weighted by Crippen LogP contribution is -2.21. The fourth-order valence-electron chi connectivity index (χ4n) is 1.98. The predicted molar refractivity (Wildman–Crippen MR) is 85.9 cm³/mol. The molecular weight excluding hydrogens is 280 g/mol. The SMILES string of the molecule is CC(=O)c1cccc(NC(=O)CNc2cccc(CO)c2)c1. The predicted octanol–water partition coefficient (Wildman–Crippen LogP) is 2.43. The molecule has 2 aromatic carbocycles. The highest BCUT2D eigenvalue weighted by molar-refractivity contribution is 5.98. The molecule has 1 amide bonds. The molecule has 0 spiro atoms. The lowest BCUT2D eigenvalue weighted by molar-refractivity contribution is -0.114. The number of carbonyl (C=O) groups excluding carboxylic acids is 2. The van der Waals surface area contributed by atoms with Gasteiger partial charge in [-0.05, 0) is 36.8 Å². The van der Waals surface area contributed by atoms with Gasteiger partial charge in [-0.1, -0.05) is 24.3 Å². The van der Waals surface area contributed by atoms with Crippen LogP contribution in [0.3, 0.4) is 0 Å². The zero-order valence-corrected chi connectivity index (χ0v) is 12.3. The molecule has 0 saturated carbocycles. The molecule has 0 aromatic heterocycles. The van der Waals surface area contributed by atoms with Gasteiger partial charge in [-0.25, -0.2) is 0 Å². The van der Waals surface area contributed by atoms with Gasteiger partial charge >= 0.3 is 0 Å². The normalized spacial score (nSPS) is 10.1. The van der Waals surface area contributed by atoms with Crippen molar-refractivity contribution < 1.29 is 14.7 Å². The number of amides is 1. The van der Waals surface area contributed by atoms with E-state index in [0.717, 1.165) is 11.3 Å². The molecule has 0 bridgehead atoms. The van der Waals surface area contributed by atoms with Crippen LogP contribution in [0.4, 0.5) is 11.4 Å². The fourth-order valence-corrected chi connectivity index (χ4v) is 1.98. The number of rotatable bonds is 6. The Balaban J connectivity index is 1.92. The molecule has 5 nitrogen and oxygen atoms in total. The van der Waals surface area contributed by atoms with E-state index in [1.807, 2.05) is 12.1 Å². The number of carbonyl (C=O) groups is 2. The van der Waals surface area contributed by atoms with Crippen molar-refractivity contribution in [3.8, 4) is 0 Å². The van der Waals surface area contributed by atoms with E-state index in [1.165, 1.54) is 6.92 Å². The van der Waals surface area contributed by atoms with Crippen LogP contribution in [0.25, 0.3) is 0 Å². The second kappa shape index (κ2) is 7.38. The third-order valence-corrected chi connectivity index (χ3v) is 3.12. The first-order chi connectivity index (χ1) is 10.6. The summed E-state index contributed by atoms with van der Waals surface area (Å²) in [6.07, 6.45) is 0. The summed E-state index contributed by atoms with van der Waals surface area (Å²) in [4.78, 5) is 23.2. The van der Waals surface area contributed by atoms with E-state index in [0.29, 0.717) is 11.3 Å². The highest BCUT2D eigenvalue weighted by Crippen LogP contribution is 2.12. The molecule has 0 aliphatic heterocycles. The number of anilines is 2. The molecule has 0 radical (unpaired) electrons. The minimum absolute atomic E-state index is 0.0421. The molecule has 2 aromatic rings. The van der Waals surface area contributed by atoms with E-state index in [1.54, 1.807) is 36.4 Å². The summed E-state index contributed by atoms with van der Waals surface area (Å²) in [5.74, 6) is -0.259. The largest absolute Gasteiger partial charge is 0.392 e. The Kier molecular flexibility index (Phi) is 5.27. The highest BCUT2D eigenvalue weighted by Gasteiger charge is 2.05. The second-order valence-electron chi connectivity index (χ2n) is 4.90. The van der Waals surface area contributed by atoms with E-state index in [4.69, 9.17) is 5.11 Å². The van der Waals surface area contributed by atoms with Crippen LogP contribution in [0, 0.1) is 0 Å². The summed E-state index contributed by atoms with van der Waals surface area (Å²) >= 11 is 0. The monoisotopic (exact) mass is 298 g/mol. The molecule has 0 heterocycles. The first kappa shape index (κ1) is 15.7. The van der Waals surface area contributed by atoms with E-state index in [9.17, 15) is 9.59 Å². The standard InChI is InChI=1S/C17H18N2O3/c1-12(21)14-5-3-7-16(9-14)19-17(22)10-18-15-6-2-4-13(8-15)11-20/h2-9,18,20H,10-11H2,1H3,(H,19,22). The number of Topliss-reactive ketones (excluding diaryl/α,β-unsaturated/α-hetero) is 1. The van der Waals surface area contributed by atoms with Gasteiger partial charge < -0.3 is 15.7 Å². The average Bonchev–Trinajstić information content (AvgIpc) is 2.53. The smallest absolute Gasteiger partial charge is 0.243 e. The van der Waals surface area contributed by atoms with Crippen LogP contribution < -0.4 is 10.6 Å². The topological polar surface area (TPSA) is 78.4 Å². The van der Waals surface area contributed by atoms with E-state index >= 15 is 0 Å². The molecular formula is C17H18N2O3. The third kappa shape index (κ3) is 4.43. The van der Waals surface area contributed by atoms with Gasteiger partial charge in [0.25, 0.3) is 0 Å². The van der Waals surface area contributed by atoms with Gasteiger partial charge in [0.05, 0.1) is 13.2 Å². The lowest BCUT2D eigenvalue weighted by Gasteiger charge is -2.09. The number of ketones is 1. The Hall–Kier alpha value is -2.66. The van der Waals surface area contributed by atoms with Gasteiger partial charge in [0.1, 0.15) is 0 Å². The first-order valence-electron chi connectivity index (χ1n) is 6.93. The molecule has 0 aliphatic rings. The number of aliphatic hydroxyl groups excluding tert-OH is 1. The van der Waals surface area contributed by atoms with Crippen molar-refractivity contribution in [2.24, 2.45) is 0 Å². The van der Waals surface area contributed by atoms with Gasteiger partial charge in [-0.3, -0.25) is 9.59 Å². The molecule has 0 saturated heterocycles. The Morgan fingerprint density at radius 1 is 1.05 bits per heavy atom. The maximum atomic E-state index is 11.9. The van der Waals surface area contributed by atoms with Crippen LogP contribution in [0.15, 0.2) is 48.5 Å². The summed E-state index contributed by atoms with van der Waals surface area (Å²) in [5, 5.41) is 14.8. The third-order valence-electron chi connectivity index (χ3n) is 3.12. The van der Waals surface area contributed by atoms with Crippen LogP contribution in [0.2, 0.25) is 0 Å². The Morgan fingerprint density at radius 3 is 2.50 bits per heavy atom. The quantitative estimate of drug-likeness (QED) is 0.716. The second-order valence-corrected chi connectivity index (χ2v) is 4.90. The highest BCUT2D eigenvalue weighted by atomic mass is 16.3. The maximum absolute atomic E-state index is 11.9. The van der Waals surface area contributed by atoms with Crippen LogP contribution in [0.5, 0.6) is 0 Å². The molecule has 2 rings (SSSR count). The first-order valence-corrected chi connectivity index (χ1v) is 6.93. The minimum Gasteiger partial charge on any atom is -0.392 e. The molecule has 3 N–H and O–H groups in total. The number of benzene rings is 2. The van der Waals surface area contributed by atoms with Crippen molar-refractivity contribution in [2.45, 2.75) is 13.5 Å². The Bertz CT molecular complexity index is 683. The van der Waals surface area contributed by atoms with Crippen molar-refractivity contribution in [3.05, 3.63) is 59.7 Å². The number of nitrogens with one attached hydrogen (secondary N) is 2. The van der Waals surface area contributed by atoms with E-state index in [-0.39, 0.29) is 24.8 Å². The number of aliphatic hydroxyl groups is 1. The molecule has 5 heteroatoms. The van der Waals surface area contributed by atoms with E-state index < -0.39 is 0 Å². The van der Waals surface area contributed by atoms with Crippen molar-refractivity contribution in [3.63, 3.8) is 0 Å². The van der Waals surface area contributed by atoms with Crippen LogP contribution in [-0.4, -0.2) is 23.3 Å². The summed E-state index contributed by atoms with van der Waals surface area (Å²) in [7, 11) is 0. The van der Waals surface area contributed by atoms with Crippen LogP contribution in [-0.2, 0) is 11.4 Å². The van der Waals surface area contributed by atoms with Gasteiger partial charge in [0.15, 0.2) is 5.78 Å². The molecule has 0 aliphatic carbocycles. The average molecular weight is 298 g/mol. The number of hydrogen-bond donors (Lipinski definition) is 3. The summed E-state index contributed by atoms with van der Waals surface area (Å²) in [6.45, 7) is 1.54. The Morgan fingerprint density at radius 2 is 1.77 bits per heavy atom. The molecule has 22 heavy (non-hydrogen) atoms. The van der Waals surface area contributed by atoms with Crippen LogP contribution in [0.1, 0.15) is 22.8 Å². The minimum atomic E-state index is -0.213. The van der Waals surface area contributed by atoms with E-state index in [2.05, 4.69) is 10.6 Å². The summed E-state index contributed by atoms with van der Waals surface area (Å²) in [6, 6.07) is 14.0. The van der Waals surface area contributed by atoms with Crippen molar-refractivity contribution in [1.29, 1.82) is 0 Å². The zero-order chi connectivity index (χ0) is 15.9. The van der Waals surface area contributed by atoms with Crippen molar-refractivity contribution >= 4 is 23.1 Å². The maximum Gasteiger partial charge on any atom is 0.243 e. The van der Waals surface area contributed by atoms with Crippen LogP contribution >= 0.6 is 0 Å². The Labute approximate surface area is 129 Å². The van der Waals surface area contributed by atoms with Gasteiger partial charge in [-0.2, -0.15) is 0 Å². The molecule has 0 fully saturated rings. The summed E-state index contributed by atoms with van der Waals surface area (Å²) < 4.78 is 0.